The number of nitrogens with zero attached hydrogens (tertiary/aromatic N) is 1. The van der Waals surface area contributed by atoms with Crippen LogP contribution in [0.2, 0.25) is 0 Å². The molecule has 6 rings (SSSR count). The van der Waals surface area contributed by atoms with Gasteiger partial charge in [-0.05, 0) is 53.9 Å². The Morgan fingerprint density at radius 3 is 2.54 bits per heavy atom. The number of rotatable bonds is 9. The van der Waals surface area contributed by atoms with Gasteiger partial charge in [0.25, 0.3) is 0 Å². The van der Waals surface area contributed by atoms with Crippen LogP contribution in [0.4, 0.5) is 10.1 Å². The van der Waals surface area contributed by atoms with Crippen molar-refractivity contribution in [1.29, 1.82) is 0 Å². The number of pyridine rings is 1. The first kappa shape index (κ1) is 27.3. The Hall–Kier alpha value is -3.32. The summed E-state index contributed by atoms with van der Waals surface area (Å²) in [5, 5.41) is 6.01. The quantitative estimate of drug-likeness (QED) is 0.237. The predicted octanol–water partition coefficient (Wildman–Crippen LogP) is 3.81. The average molecular weight is 594 g/mol. The van der Waals surface area contributed by atoms with Gasteiger partial charge < -0.3 is 36.5 Å². The van der Waals surface area contributed by atoms with Gasteiger partial charge in [0.05, 0.1) is 23.7 Å². The van der Waals surface area contributed by atoms with Crippen LogP contribution in [0.1, 0.15) is 49.3 Å². The smallest absolute Gasteiger partial charge is 0.231 e. The number of benzene rings is 3. The minimum Gasteiger partial charge on any atom is -1.00 e. The monoisotopic (exact) mass is 592 g/mol. The molecular weight excluding hydrogens is 559 g/mol. The number of nitrogens with one attached hydrogen (secondary N) is 1. The van der Waals surface area contributed by atoms with Crippen molar-refractivity contribution in [2.24, 2.45) is 0 Å². The van der Waals surface area contributed by atoms with Gasteiger partial charge in [-0.1, -0.05) is 38.3 Å². The zero-order chi connectivity index (χ0) is 26.1. The van der Waals surface area contributed by atoms with Crippen molar-refractivity contribution >= 4 is 16.5 Å². The SMILES string of the molecule is CCCCCCNc1c(OC)ccc2c(Cc3ccc(F)cc3)c3[n+](cc12)CCc1cc2c(cc1-3)OCO2.[Br-]. The molecule has 0 saturated carbocycles. The van der Waals surface area contributed by atoms with Gasteiger partial charge in [-0.3, -0.25) is 0 Å². The summed E-state index contributed by atoms with van der Waals surface area (Å²) in [6, 6.07) is 15.3. The number of aromatic nitrogens is 1. The molecule has 0 radical (unpaired) electrons. The summed E-state index contributed by atoms with van der Waals surface area (Å²) in [6.07, 6.45) is 8.66. The van der Waals surface area contributed by atoms with E-state index in [1.54, 1.807) is 19.2 Å². The van der Waals surface area contributed by atoms with Crippen LogP contribution >= 0.6 is 0 Å². The molecule has 4 aromatic rings. The highest BCUT2D eigenvalue weighted by Gasteiger charge is 2.32. The highest BCUT2D eigenvalue weighted by atomic mass is 79.9. The van der Waals surface area contributed by atoms with E-state index in [-0.39, 0.29) is 29.6 Å². The van der Waals surface area contributed by atoms with Crippen molar-refractivity contribution in [3.05, 3.63) is 77.2 Å². The highest BCUT2D eigenvalue weighted by Crippen LogP contribution is 2.43. The molecule has 2 aliphatic heterocycles. The maximum Gasteiger partial charge on any atom is 0.231 e. The molecule has 0 fully saturated rings. The fourth-order valence-electron chi connectivity index (χ4n) is 5.77. The van der Waals surface area contributed by atoms with E-state index >= 15 is 0 Å². The Morgan fingerprint density at radius 1 is 0.974 bits per heavy atom. The van der Waals surface area contributed by atoms with Crippen molar-refractivity contribution in [3.63, 3.8) is 0 Å². The molecule has 3 heterocycles. The Morgan fingerprint density at radius 2 is 1.77 bits per heavy atom. The van der Waals surface area contributed by atoms with Crippen molar-refractivity contribution in [2.75, 3.05) is 25.8 Å². The van der Waals surface area contributed by atoms with Gasteiger partial charge in [-0.25, -0.2) is 4.39 Å². The van der Waals surface area contributed by atoms with E-state index < -0.39 is 0 Å². The standard InChI is InChI=1S/C32H33FN2O3.BrH/c1-3-4-5-6-14-34-31-27-19-35-15-13-22-17-29-30(38-20-37-29)18-25(22)32(35)26(24(27)11-12-28(31)36-2)16-21-7-9-23(33)10-8-21;/h7-12,17-19H,3-6,13-16,20H2,1-2H3;1H. The third kappa shape index (κ3) is 5.29. The molecule has 0 saturated heterocycles. The lowest BCUT2D eigenvalue weighted by atomic mass is 9.88. The van der Waals surface area contributed by atoms with Gasteiger partial charge in [-0.2, -0.15) is 4.57 Å². The number of methoxy groups -OCH3 is 1. The molecule has 2 aliphatic rings. The second-order valence-corrected chi connectivity index (χ2v) is 10.2. The minimum absolute atomic E-state index is 0. The summed E-state index contributed by atoms with van der Waals surface area (Å²) in [5.74, 6) is 2.23. The molecule has 1 aromatic heterocycles. The summed E-state index contributed by atoms with van der Waals surface area (Å²) in [6.45, 7) is 4.25. The number of ether oxygens (including phenoxy) is 3. The van der Waals surface area contributed by atoms with Crippen molar-refractivity contribution in [3.8, 4) is 28.5 Å². The molecule has 0 atom stereocenters. The number of fused-ring (bicyclic) bond motifs is 5. The fourth-order valence-corrected chi connectivity index (χ4v) is 5.77. The molecule has 7 heteroatoms. The van der Waals surface area contributed by atoms with Crippen LogP contribution in [-0.4, -0.2) is 20.4 Å². The van der Waals surface area contributed by atoms with Crippen LogP contribution in [0.3, 0.4) is 0 Å². The molecule has 3 aromatic carbocycles. The zero-order valence-corrected chi connectivity index (χ0v) is 24.1. The van der Waals surface area contributed by atoms with Crippen LogP contribution in [0.15, 0.2) is 54.7 Å². The molecule has 0 unspecified atom stereocenters. The van der Waals surface area contributed by atoms with E-state index in [4.69, 9.17) is 14.2 Å². The topological polar surface area (TPSA) is 43.6 Å². The number of hydrogen-bond acceptors (Lipinski definition) is 4. The van der Waals surface area contributed by atoms with Gasteiger partial charge in [0, 0.05) is 30.3 Å². The van der Waals surface area contributed by atoms with Crippen molar-refractivity contribution < 1.29 is 40.1 Å². The second-order valence-electron chi connectivity index (χ2n) is 10.2. The second kappa shape index (κ2) is 11.8. The van der Waals surface area contributed by atoms with Crippen LogP contribution < -0.4 is 41.1 Å². The van der Waals surface area contributed by atoms with Gasteiger partial charge >= 0.3 is 0 Å². The maximum absolute atomic E-state index is 13.8. The largest absolute Gasteiger partial charge is 1.00 e. The molecule has 1 N–H and O–H groups in total. The summed E-state index contributed by atoms with van der Waals surface area (Å²) >= 11 is 0. The third-order valence-electron chi connectivity index (χ3n) is 7.71. The predicted molar refractivity (Wildman–Crippen MR) is 148 cm³/mol. The lowest BCUT2D eigenvalue weighted by Crippen LogP contribution is -3.00. The van der Waals surface area contributed by atoms with Crippen LogP contribution in [0.25, 0.3) is 22.0 Å². The number of halogens is 2. The number of aryl methyl sites for hydroxylation is 2. The first-order valence-electron chi connectivity index (χ1n) is 13.6. The summed E-state index contributed by atoms with van der Waals surface area (Å²) in [5.41, 5.74) is 6.93. The average Bonchev–Trinajstić information content (AvgIpc) is 3.40. The molecule has 0 amide bonds. The molecule has 204 valence electrons. The van der Waals surface area contributed by atoms with Crippen LogP contribution in [-0.2, 0) is 19.4 Å². The molecule has 0 aliphatic carbocycles. The van der Waals surface area contributed by atoms with Gasteiger partial charge in [-0.15, -0.1) is 0 Å². The molecule has 5 nitrogen and oxygen atoms in total. The minimum atomic E-state index is -0.222. The van der Waals surface area contributed by atoms with E-state index in [0.717, 1.165) is 59.8 Å². The Balaban J connectivity index is 0.00000308. The van der Waals surface area contributed by atoms with E-state index in [1.807, 2.05) is 12.1 Å². The van der Waals surface area contributed by atoms with Crippen molar-refractivity contribution in [1.82, 2.24) is 0 Å². The summed E-state index contributed by atoms with van der Waals surface area (Å²) in [7, 11) is 1.73. The number of hydrogen-bond donors (Lipinski definition) is 1. The first-order chi connectivity index (χ1) is 18.7. The Bertz CT molecular complexity index is 1490. The first-order valence-corrected chi connectivity index (χ1v) is 13.6. The molecular formula is C32H34BrFN2O3. The third-order valence-corrected chi connectivity index (χ3v) is 7.71. The van der Waals surface area contributed by atoms with E-state index in [1.165, 1.54) is 47.0 Å². The summed E-state index contributed by atoms with van der Waals surface area (Å²) < 4.78 is 33.4. The lowest BCUT2D eigenvalue weighted by Gasteiger charge is -2.22. The fraction of sp³-hybridized carbons (Fsp3) is 0.344. The normalized spacial score (nSPS) is 13.0. The zero-order valence-electron chi connectivity index (χ0n) is 22.5. The van der Waals surface area contributed by atoms with Crippen LogP contribution in [0.5, 0.6) is 17.2 Å². The Kier molecular flexibility index (Phi) is 8.26. The number of unbranched alkanes of at least 4 members (excludes halogenated alkanes) is 3. The molecule has 0 spiro atoms. The van der Waals surface area contributed by atoms with Gasteiger partial charge in [0.2, 0.25) is 12.5 Å². The van der Waals surface area contributed by atoms with Gasteiger partial charge in [0.15, 0.2) is 24.2 Å². The van der Waals surface area contributed by atoms with Crippen molar-refractivity contribution in [2.45, 2.75) is 52.0 Å². The number of anilines is 1. The van der Waals surface area contributed by atoms with E-state index in [2.05, 4.69) is 47.3 Å². The van der Waals surface area contributed by atoms with Crippen LogP contribution in [0, 0.1) is 5.82 Å². The van der Waals surface area contributed by atoms with E-state index in [0.29, 0.717) is 6.42 Å². The Labute approximate surface area is 239 Å². The van der Waals surface area contributed by atoms with E-state index in [9.17, 15) is 4.39 Å². The highest BCUT2D eigenvalue weighted by molar-refractivity contribution is 6.00. The maximum atomic E-state index is 13.8. The van der Waals surface area contributed by atoms with Gasteiger partial charge in [0.1, 0.15) is 11.6 Å². The summed E-state index contributed by atoms with van der Waals surface area (Å²) in [4.78, 5) is 0. The molecule has 39 heavy (non-hydrogen) atoms. The molecule has 0 bridgehead atoms. The lowest BCUT2D eigenvalue weighted by molar-refractivity contribution is -0.686.